The molecule has 2 amide bonds. The van der Waals surface area contributed by atoms with Gasteiger partial charge in [0.2, 0.25) is 11.7 Å². The maximum atomic E-state index is 13.5. The molecule has 33 heavy (non-hydrogen) atoms. The number of fused-ring (bicyclic) bond motifs is 3. The number of aliphatic hydroxyl groups excluding tert-OH is 3. The second-order valence-electron chi connectivity index (χ2n) is 8.59. The Labute approximate surface area is 186 Å². The van der Waals surface area contributed by atoms with Gasteiger partial charge in [0.15, 0.2) is 11.4 Å². The Morgan fingerprint density at radius 1 is 1.18 bits per heavy atom. The lowest BCUT2D eigenvalue weighted by atomic mass is 9.55. The van der Waals surface area contributed by atoms with Gasteiger partial charge in [-0.3, -0.25) is 19.2 Å². The smallest absolute Gasteiger partial charge is 0.255 e. The van der Waals surface area contributed by atoms with Gasteiger partial charge in [-0.15, -0.1) is 0 Å². The van der Waals surface area contributed by atoms with E-state index in [-0.39, 0.29) is 16.8 Å². The molecule has 174 valence electrons. The van der Waals surface area contributed by atoms with Crippen molar-refractivity contribution in [2.24, 2.45) is 17.6 Å². The van der Waals surface area contributed by atoms with Crippen molar-refractivity contribution in [2.75, 3.05) is 5.32 Å². The Morgan fingerprint density at radius 2 is 1.82 bits per heavy atom. The predicted octanol–water partition coefficient (Wildman–Crippen LogP) is -0.0859. The van der Waals surface area contributed by atoms with E-state index in [0.29, 0.717) is 0 Å². The van der Waals surface area contributed by atoms with Crippen LogP contribution in [0.1, 0.15) is 37.3 Å². The number of ketones is 2. The second kappa shape index (κ2) is 7.15. The van der Waals surface area contributed by atoms with Crippen LogP contribution in [0.5, 0.6) is 5.75 Å². The third-order valence-corrected chi connectivity index (χ3v) is 6.79. The fraction of sp³-hybridized carbons (Fsp3) is 0.364. The number of benzene rings is 1. The standard InChI is InChI=1S/C22H22N2O9/c1-6-12-9(24-7(2)25)3-4-10(26)14(12)18(29)16-13(6)17(28)8-5-11(27)15(21(23)32)19(30)22(8,33)20(16)31/h3-4,6,8,13,17,26,28-30,33H,5H2,1-2H3,(H2,23,32)(H,24,25)/t6-,8+,13+,17+,22+/m0/s1. The van der Waals surface area contributed by atoms with Crippen LogP contribution in [0.4, 0.5) is 5.69 Å². The average Bonchev–Trinajstić information content (AvgIpc) is 2.71. The Hall–Kier alpha value is -3.70. The third kappa shape index (κ3) is 2.82. The van der Waals surface area contributed by atoms with E-state index in [9.17, 15) is 44.7 Å². The van der Waals surface area contributed by atoms with Gasteiger partial charge in [-0.2, -0.15) is 0 Å². The number of rotatable bonds is 2. The van der Waals surface area contributed by atoms with E-state index >= 15 is 0 Å². The molecule has 3 aliphatic rings. The Kier molecular flexibility index (Phi) is 4.88. The van der Waals surface area contributed by atoms with Crippen LogP contribution < -0.4 is 11.1 Å². The summed E-state index contributed by atoms with van der Waals surface area (Å²) >= 11 is 0. The van der Waals surface area contributed by atoms with Crippen LogP contribution in [0, 0.1) is 11.8 Å². The highest BCUT2D eigenvalue weighted by Gasteiger charge is 2.65. The highest BCUT2D eigenvalue weighted by atomic mass is 16.4. The van der Waals surface area contributed by atoms with Crippen molar-refractivity contribution < 1.29 is 44.7 Å². The summed E-state index contributed by atoms with van der Waals surface area (Å²) in [6.07, 6.45) is -2.30. The number of Topliss-reactive ketones (excluding diaryl/α,β-unsaturated/α-hetero) is 2. The summed E-state index contributed by atoms with van der Waals surface area (Å²) in [7, 11) is 0. The van der Waals surface area contributed by atoms with Gasteiger partial charge >= 0.3 is 0 Å². The van der Waals surface area contributed by atoms with Crippen molar-refractivity contribution in [3.63, 3.8) is 0 Å². The molecule has 11 nitrogen and oxygen atoms in total. The minimum atomic E-state index is -2.89. The number of aromatic hydroxyl groups is 1. The van der Waals surface area contributed by atoms with Crippen molar-refractivity contribution in [3.05, 3.63) is 40.2 Å². The predicted molar refractivity (Wildman–Crippen MR) is 112 cm³/mol. The molecule has 0 radical (unpaired) electrons. The molecule has 8 N–H and O–H groups in total. The first-order chi connectivity index (χ1) is 15.3. The quantitative estimate of drug-likeness (QED) is 0.233. The lowest BCUT2D eigenvalue weighted by Crippen LogP contribution is -2.63. The van der Waals surface area contributed by atoms with Gasteiger partial charge < -0.3 is 36.6 Å². The normalized spacial score (nSPS) is 31.0. The number of amides is 2. The van der Waals surface area contributed by atoms with Gasteiger partial charge in [0.1, 0.15) is 22.8 Å². The van der Waals surface area contributed by atoms with Gasteiger partial charge in [-0.1, -0.05) is 6.92 Å². The largest absolute Gasteiger partial charge is 0.508 e. The van der Waals surface area contributed by atoms with Crippen LogP contribution in [-0.2, 0) is 19.2 Å². The summed E-state index contributed by atoms with van der Waals surface area (Å²) in [6, 6.07) is 2.59. The number of anilines is 1. The van der Waals surface area contributed by atoms with E-state index in [1.807, 2.05) is 0 Å². The van der Waals surface area contributed by atoms with Crippen LogP contribution in [0.3, 0.4) is 0 Å². The number of nitrogens with two attached hydrogens (primary N) is 1. The van der Waals surface area contributed by atoms with E-state index in [0.717, 1.165) is 0 Å². The number of phenols is 1. The molecule has 5 atom stereocenters. The van der Waals surface area contributed by atoms with Crippen LogP contribution in [0.25, 0.3) is 5.76 Å². The number of nitrogens with one attached hydrogen (secondary N) is 1. The fourth-order valence-electron chi connectivity index (χ4n) is 5.38. The molecular formula is C22H22N2O9. The molecule has 11 heteroatoms. The maximum absolute atomic E-state index is 13.5. The zero-order valence-corrected chi connectivity index (χ0v) is 17.6. The third-order valence-electron chi connectivity index (χ3n) is 6.79. The Morgan fingerprint density at radius 3 is 2.39 bits per heavy atom. The van der Waals surface area contributed by atoms with Gasteiger partial charge in [0, 0.05) is 36.4 Å². The summed E-state index contributed by atoms with van der Waals surface area (Å²) in [5.41, 5.74) is 1.10. The second-order valence-corrected chi connectivity index (χ2v) is 8.59. The summed E-state index contributed by atoms with van der Waals surface area (Å²) in [5, 5.41) is 57.0. The van der Waals surface area contributed by atoms with Crippen LogP contribution in [0.2, 0.25) is 0 Å². The van der Waals surface area contributed by atoms with E-state index in [1.165, 1.54) is 19.1 Å². The summed E-state index contributed by atoms with van der Waals surface area (Å²) in [6.45, 7) is 2.84. The average molecular weight is 458 g/mol. The number of carbonyl (C=O) groups is 4. The Balaban J connectivity index is 2.02. The first-order valence-electron chi connectivity index (χ1n) is 10.1. The van der Waals surface area contributed by atoms with Crippen molar-refractivity contribution in [3.8, 4) is 5.75 Å². The molecule has 1 saturated carbocycles. The van der Waals surface area contributed by atoms with Crippen molar-refractivity contribution in [1.29, 1.82) is 0 Å². The zero-order valence-electron chi connectivity index (χ0n) is 17.6. The lowest BCUT2D eigenvalue weighted by molar-refractivity contribution is -0.160. The van der Waals surface area contributed by atoms with Gasteiger partial charge in [-0.05, 0) is 23.6 Å². The molecule has 0 heterocycles. The zero-order chi connectivity index (χ0) is 24.6. The van der Waals surface area contributed by atoms with Gasteiger partial charge in [-0.25, -0.2) is 0 Å². The minimum absolute atomic E-state index is 0.187. The highest BCUT2D eigenvalue weighted by Crippen LogP contribution is 2.56. The van der Waals surface area contributed by atoms with Crippen LogP contribution >= 0.6 is 0 Å². The molecule has 1 aromatic carbocycles. The van der Waals surface area contributed by atoms with Crippen LogP contribution in [-0.4, -0.2) is 60.6 Å². The summed E-state index contributed by atoms with van der Waals surface area (Å²) in [5.74, 6) is -9.94. The maximum Gasteiger partial charge on any atom is 0.255 e. The minimum Gasteiger partial charge on any atom is -0.508 e. The van der Waals surface area contributed by atoms with Gasteiger partial charge in [0.05, 0.1) is 11.7 Å². The SMILES string of the molecule is CC(=O)Nc1ccc(O)c2c1[C@H](C)[C@@H]1C(=C2O)C(=O)[C@]2(O)C(O)=C(C(N)=O)C(=O)C[C@@H]2[C@H]1O. The summed E-state index contributed by atoms with van der Waals surface area (Å²) < 4.78 is 0. The molecule has 0 aliphatic heterocycles. The summed E-state index contributed by atoms with van der Waals surface area (Å²) in [4.78, 5) is 49.3. The molecule has 1 fully saturated rings. The van der Waals surface area contributed by atoms with Crippen molar-refractivity contribution >= 4 is 34.8 Å². The molecule has 0 unspecified atom stereocenters. The molecule has 3 aliphatic carbocycles. The molecular weight excluding hydrogens is 436 g/mol. The van der Waals surface area contributed by atoms with Crippen LogP contribution in [0.15, 0.2) is 29.0 Å². The van der Waals surface area contributed by atoms with E-state index in [4.69, 9.17) is 5.73 Å². The molecule has 1 aromatic rings. The topological polar surface area (TPSA) is 207 Å². The molecule has 0 aromatic heterocycles. The van der Waals surface area contributed by atoms with E-state index < -0.39 is 87.7 Å². The highest BCUT2D eigenvalue weighted by molar-refractivity contribution is 6.23. The molecule has 4 rings (SSSR count). The first-order valence-corrected chi connectivity index (χ1v) is 10.1. The van der Waals surface area contributed by atoms with E-state index in [2.05, 4.69) is 5.32 Å². The van der Waals surface area contributed by atoms with Crippen molar-refractivity contribution in [2.45, 2.75) is 37.9 Å². The fourth-order valence-corrected chi connectivity index (χ4v) is 5.38. The number of hydrogen-bond acceptors (Lipinski definition) is 9. The number of primary amides is 1. The molecule has 0 saturated heterocycles. The first kappa shape index (κ1) is 22.5. The number of carbonyl (C=O) groups excluding carboxylic acids is 4. The number of phenolic OH excluding ortho intramolecular Hbond substituents is 1. The Bertz CT molecular complexity index is 1210. The molecule has 0 spiro atoms. The number of aliphatic hydroxyl groups is 4. The van der Waals surface area contributed by atoms with Gasteiger partial charge in [0.25, 0.3) is 5.91 Å². The van der Waals surface area contributed by atoms with E-state index in [1.54, 1.807) is 6.92 Å². The van der Waals surface area contributed by atoms with Crippen molar-refractivity contribution in [1.82, 2.24) is 0 Å². The monoisotopic (exact) mass is 458 g/mol. The lowest BCUT2D eigenvalue weighted by Gasteiger charge is -2.50. The number of hydrogen-bond donors (Lipinski definition) is 7. The molecule has 0 bridgehead atoms.